The number of amides is 1. The van der Waals surface area contributed by atoms with Crippen molar-refractivity contribution in [3.05, 3.63) is 0 Å². The van der Waals surface area contributed by atoms with Crippen molar-refractivity contribution in [3.8, 4) is 0 Å². The Morgan fingerprint density at radius 3 is 2.57 bits per heavy atom. The first-order chi connectivity index (χ1) is 3.31. The van der Waals surface area contributed by atoms with Gasteiger partial charge >= 0.3 is 0 Å². The molecule has 0 aromatic heterocycles. The molecule has 0 bridgehead atoms. The van der Waals surface area contributed by atoms with E-state index in [1.807, 2.05) is 0 Å². The van der Waals surface area contributed by atoms with E-state index >= 15 is 0 Å². The van der Waals surface area contributed by atoms with Crippen LogP contribution < -0.4 is 11.2 Å². The van der Waals surface area contributed by atoms with Gasteiger partial charge in [0.1, 0.15) is 0 Å². The zero-order chi connectivity index (χ0) is 5.70. The number of hydrogen-bond donors (Lipinski definition) is 3. The van der Waals surface area contributed by atoms with E-state index in [0.717, 1.165) is 0 Å². The summed E-state index contributed by atoms with van der Waals surface area (Å²) in [7, 11) is 0. The van der Waals surface area contributed by atoms with Crippen molar-refractivity contribution in [3.63, 3.8) is 0 Å². The highest BCUT2D eigenvalue weighted by Crippen LogP contribution is 1.66. The van der Waals surface area contributed by atoms with Gasteiger partial charge in [-0.1, -0.05) is 0 Å². The lowest BCUT2D eigenvalue weighted by atomic mass is 10.4. The molecular formula is C3H9N2O2+. The third-order valence-corrected chi connectivity index (χ3v) is 0.529. The normalized spacial score (nSPS) is 8.29. The van der Waals surface area contributed by atoms with Crippen LogP contribution in [0.1, 0.15) is 6.42 Å². The summed E-state index contributed by atoms with van der Waals surface area (Å²) < 4.78 is 0. The van der Waals surface area contributed by atoms with Crippen molar-refractivity contribution in [1.29, 1.82) is 0 Å². The van der Waals surface area contributed by atoms with Gasteiger partial charge in [-0.2, -0.15) is 0 Å². The number of rotatable bonds is 2. The molecule has 0 spiro atoms. The minimum atomic E-state index is -0.380. The van der Waals surface area contributed by atoms with Gasteiger partial charge in [0.25, 0.3) is 0 Å². The van der Waals surface area contributed by atoms with E-state index in [1.165, 1.54) is 5.48 Å². The Bertz CT molecular complexity index is 64.0. The number of carbonyl (C=O) groups is 1. The van der Waals surface area contributed by atoms with E-state index in [9.17, 15) is 4.79 Å². The maximum Gasteiger partial charge on any atom is 0.249 e. The SMILES string of the molecule is [NH3+]CCC(=O)NO. The average molecular weight is 105 g/mol. The second-order valence-electron chi connectivity index (χ2n) is 1.14. The molecule has 0 heterocycles. The minimum Gasteiger partial charge on any atom is -0.357 e. The third kappa shape index (κ3) is 3.21. The summed E-state index contributed by atoms with van der Waals surface area (Å²) in [5.74, 6) is -0.380. The number of quaternary nitrogens is 1. The lowest BCUT2D eigenvalue weighted by molar-refractivity contribution is -0.366. The van der Waals surface area contributed by atoms with Gasteiger partial charge in [0.05, 0.1) is 13.0 Å². The first-order valence-corrected chi connectivity index (χ1v) is 2.03. The summed E-state index contributed by atoms with van der Waals surface area (Å²) in [6, 6.07) is 0. The van der Waals surface area contributed by atoms with Crippen LogP contribution in [0.4, 0.5) is 0 Å². The fourth-order valence-electron chi connectivity index (χ4n) is 0.216. The molecule has 0 rings (SSSR count). The van der Waals surface area contributed by atoms with Crippen LogP contribution in [0.2, 0.25) is 0 Å². The number of nitrogens with one attached hydrogen (secondary N) is 1. The maximum atomic E-state index is 10.0. The lowest BCUT2D eigenvalue weighted by Gasteiger charge is -1.88. The highest BCUT2D eigenvalue weighted by atomic mass is 16.5. The third-order valence-electron chi connectivity index (χ3n) is 0.529. The Labute approximate surface area is 41.3 Å². The van der Waals surface area contributed by atoms with Crippen LogP contribution in [0.5, 0.6) is 0 Å². The van der Waals surface area contributed by atoms with E-state index in [4.69, 9.17) is 5.21 Å². The molecule has 0 saturated carbocycles. The molecule has 0 fully saturated rings. The highest BCUT2D eigenvalue weighted by Gasteiger charge is 1.93. The van der Waals surface area contributed by atoms with Crippen LogP contribution in [0.25, 0.3) is 0 Å². The molecule has 0 aliphatic heterocycles. The van der Waals surface area contributed by atoms with E-state index in [2.05, 4.69) is 5.73 Å². The first-order valence-electron chi connectivity index (χ1n) is 2.03. The fraction of sp³-hybridized carbons (Fsp3) is 0.667. The van der Waals surface area contributed by atoms with Gasteiger partial charge in [-0.25, -0.2) is 5.48 Å². The summed E-state index contributed by atoms with van der Waals surface area (Å²) in [6.07, 6.45) is 0.288. The first kappa shape index (κ1) is 6.39. The van der Waals surface area contributed by atoms with Crippen LogP contribution >= 0.6 is 0 Å². The fourth-order valence-corrected chi connectivity index (χ4v) is 0.216. The molecule has 0 radical (unpaired) electrons. The molecule has 0 aromatic rings. The topological polar surface area (TPSA) is 77.0 Å². The molecule has 4 nitrogen and oxygen atoms in total. The minimum absolute atomic E-state index is 0.288. The van der Waals surface area contributed by atoms with Gasteiger partial charge < -0.3 is 5.73 Å². The Hall–Kier alpha value is -0.610. The Morgan fingerprint density at radius 2 is 2.43 bits per heavy atom. The Balaban J connectivity index is 3.00. The van der Waals surface area contributed by atoms with E-state index in [0.29, 0.717) is 6.54 Å². The number of hydrogen-bond acceptors (Lipinski definition) is 2. The summed E-state index contributed by atoms with van der Waals surface area (Å²) in [5, 5.41) is 7.84. The molecule has 0 aliphatic carbocycles. The predicted octanol–water partition coefficient (Wildman–Crippen LogP) is -1.88. The van der Waals surface area contributed by atoms with Crippen LogP contribution in [0.3, 0.4) is 0 Å². The number of carbonyl (C=O) groups excluding carboxylic acids is 1. The summed E-state index contributed by atoms with van der Waals surface area (Å²) in [6.45, 7) is 0.520. The zero-order valence-electron chi connectivity index (χ0n) is 3.98. The van der Waals surface area contributed by atoms with Gasteiger partial charge in [0, 0.05) is 0 Å². The van der Waals surface area contributed by atoms with Crippen LogP contribution in [-0.2, 0) is 4.79 Å². The highest BCUT2D eigenvalue weighted by molar-refractivity contribution is 5.74. The predicted molar refractivity (Wildman–Crippen MR) is 22.3 cm³/mol. The molecule has 42 valence electrons. The van der Waals surface area contributed by atoms with E-state index < -0.39 is 0 Å². The van der Waals surface area contributed by atoms with Crippen molar-refractivity contribution in [2.75, 3.05) is 6.54 Å². The molecule has 0 atom stereocenters. The monoisotopic (exact) mass is 105 g/mol. The van der Waals surface area contributed by atoms with Gasteiger partial charge in [0.2, 0.25) is 5.91 Å². The van der Waals surface area contributed by atoms with Crippen molar-refractivity contribution >= 4 is 5.91 Å². The van der Waals surface area contributed by atoms with Crippen molar-refractivity contribution in [2.24, 2.45) is 0 Å². The molecular weight excluding hydrogens is 96.0 g/mol. The molecule has 4 heteroatoms. The molecule has 0 aliphatic rings. The molecule has 5 N–H and O–H groups in total. The largest absolute Gasteiger partial charge is 0.357 e. The lowest BCUT2D eigenvalue weighted by Crippen LogP contribution is -2.51. The molecule has 7 heavy (non-hydrogen) atoms. The Kier molecular flexibility index (Phi) is 3.26. The number of hydroxylamine groups is 1. The molecule has 0 aromatic carbocycles. The maximum absolute atomic E-state index is 10.0. The smallest absolute Gasteiger partial charge is 0.249 e. The van der Waals surface area contributed by atoms with Crippen molar-refractivity contribution in [2.45, 2.75) is 6.42 Å². The summed E-state index contributed by atoms with van der Waals surface area (Å²) in [5.41, 5.74) is 4.89. The van der Waals surface area contributed by atoms with Crippen molar-refractivity contribution in [1.82, 2.24) is 5.48 Å². The van der Waals surface area contributed by atoms with Gasteiger partial charge in [0.15, 0.2) is 0 Å². The summed E-state index contributed by atoms with van der Waals surface area (Å²) >= 11 is 0. The van der Waals surface area contributed by atoms with Crippen LogP contribution in [-0.4, -0.2) is 17.7 Å². The Morgan fingerprint density at radius 1 is 1.86 bits per heavy atom. The molecule has 0 unspecified atom stereocenters. The van der Waals surface area contributed by atoms with Gasteiger partial charge in [-0.3, -0.25) is 10.0 Å². The van der Waals surface area contributed by atoms with Crippen molar-refractivity contribution < 1.29 is 15.7 Å². The van der Waals surface area contributed by atoms with E-state index in [-0.39, 0.29) is 12.3 Å². The van der Waals surface area contributed by atoms with Gasteiger partial charge in [-0.05, 0) is 0 Å². The quantitative estimate of drug-likeness (QED) is 0.284. The zero-order valence-corrected chi connectivity index (χ0v) is 3.98. The second-order valence-corrected chi connectivity index (χ2v) is 1.14. The van der Waals surface area contributed by atoms with E-state index in [1.54, 1.807) is 0 Å². The van der Waals surface area contributed by atoms with Crippen LogP contribution in [0.15, 0.2) is 0 Å². The van der Waals surface area contributed by atoms with Gasteiger partial charge in [-0.15, -0.1) is 0 Å². The standard InChI is InChI=1S/C3H8N2O2/c4-2-1-3(6)5-7/h7H,1-2,4H2,(H,5,6)/p+1. The molecule has 0 saturated heterocycles. The summed E-state index contributed by atoms with van der Waals surface area (Å²) in [4.78, 5) is 10.0. The van der Waals surface area contributed by atoms with Crippen LogP contribution in [0, 0.1) is 0 Å². The second kappa shape index (κ2) is 3.58. The molecule has 1 amide bonds. The average Bonchev–Trinajstić information content (AvgIpc) is 1.68.